The van der Waals surface area contributed by atoms with Crippen LogP contribution in [0.5, 0.6) is 0 Å². The maximum absolute atomic E-state index is 13.3. The van der Waals surface area contributed by atoms with E-state index >= 15 is 0 Å². The summed E-state index contributed by atoms with van der Waals surface area (Å²) in [6, 6.07) is 0.223. The van der Waals surface area contributed by atoms with Crippen molar-refractivity contribution in [3.63, 3.8) is 0 Å². The second kappa shape index (κ2) is 6.19. The van der Waals surface area contributed by atoms with Crippen molar-refractivity contribution in [2.24, 2.45) is 11.8 Å². The number of nitrogens with one attached hydrogen (secondary N) is 1. The zero-order valence-electron chi connectivity index (χ0n) is 16.4. The van der Waals surface area contributed by atoms with Crippen molar-refractivity contribution >= 4 is 6.03 Å². The third-order valence-corrected chi connectivity index (χ3v) is 7.78. The molecule has 3 saturated carbocycles. The number of urea groups is 1. The molecular weight excluding hydrogens is 344 g/mol. The van der Waals surface area contributed by atoms with E-state index in [9.17, 15) is 4.79 Å². The van der Waals surface area contributed by atoms with Gasteiger partial charge in [-0.25, -0.2) is 4.79 Å². The van der Waals surface area contributed by atoms with Gasteiger partial charge < -0.3 is 19.4 Å². The van der Waals surface area contributed by atoms with Gasteiger partial charge in [-0.2, -0.15) is 0 Å². The first-order valence-electron chi connectivity index (χ1n) is 10.5. The Balaban J connectivity index is 1.34. The Bertz CT molecular complexity index is 737. The van der Waals surface area contributed by atoms with Crippen molar-refractivity contribution in [1.29, 1.82) is 0 Å². The van der Waals surface area contributed by atoms with Gasteiger partial charge in [0, 0.05) is 26.6 Å². The fourth-order valence-corrected chi connectivity index (χ4v) is 6.39. The van der Waals surface area contributed by atoms with Crippen LogP contribution in [0.1, 0.15) is 69.6 Å². The number of likely N-dealkylation sites (tertiary alicyclic amines) is 1. The number of amides is 2. The molecule has 1 saturated heterocycles. The van der Waals surface area contributed by atoms with Gasteiger partial charge in [-0.15, -0.1) is 10.2 Å². The number of rotatable bonds is 3. The number of hydrogen-bond donors (Lipinski definition) is 1. The zero-order chi connectivity index (χ0) is 18.6. The monoisotopic (exact) mass is 374 g/mol. The minimum Gasteiger partial charge on any atom is -0.423 e. The molecule has 0 spiro atoms. The van der Waals surface area contributed by atoms with E-state index in [1.165, 1.54) is 12.8 Å². The molecule has 0 unspecified atom stereocenters. The first kappa shape index (κ1) is 17.5. The van der Waals surface area contributed by atoms with E-state index in [0.717, 1.165) is 51.5 Å². The third-order valence-electron chi connectivity index (χ3n) is 7.78. The van der Waals surface area contributed by atoms with Crippen molar-refractivity contribution in [1.82, 2.24) is 20.4 Å². The maximum atomic E-state index is 13.3. The predicted octanol–water partition coefficient (Wildman–Crippen LogP) is 3.14. The Morgan fingerprint density at radius 1 is 1.26 bits per heavy atom. The predicted molar refractivity (Wildman–Crippen MR) is 98.0 cm³/mol. The van der Waals surface area contributed by atoms with Gasteiger partial charge in [0.25, 0.3) is 0 Å². The molecule has 3 aliphatic carbocycles. The number of ether oxygens (including phenoxy) is 1. The van der Waals surface area contributed by atoms with Crippen molar-refractivity contribution in [3.05, 3.63) is 11.8 Å². The number of hydrogen-bond acceptors (Lipinski definition) is 5. The summed E-state index contributed by atoms with van der Waals surface area (Å²) in [6.07, 6.45) is 9.82. The molecule has 148 valence electrons. The van der Waals surface area contributed by atoms with Crippen LogP contribution in [0.15, 0.2) is 4.42 Å². The molecule has 7 nitrogen and oxygen atoms in total. The first-order valence-corrected chi connectivity index (χ1v) is 10.5. The smallest absolute Gasteiger partial charge is 0.318 e. The summed E-state index contributed by atoms with van der Waals surface area (Å²) in [4.78, 5) is 15.3. The lowest BCUT2D eigenvalue weighted by molar-refractivity contribution is -0.0884. The van der Waals surface area contributed by atoms with Crippen molar-refractivity contribution in [2.75, 3.05) is 13.7 Å². The van der Waals surface area contributed by atoms with E-state index in [0.29, 0.717) is 23.6 Å². The van der Waals surface area contributed by atoms with Gasteiger partial charge in [0.05, 0.1) is 5.60 Å². The molecule has 1 aliphatic heterocycles. The second-order valence-electron chi connectivity index (χ2n) is 9.16. The summed E-state index contributed by atoms with van der Waals surface area (Å²) in [5.74, 6) is 2.30. The van der Waals surface area contributed by atoms with E-state index in [-0.39, 0.29) is 23.2 Å². The topological polar surface area (TPSA) is 80.5 Å². The fraction of sp³-hybridized carbons (Fsp3) is 0.850. The third kappa shape index (κ3) is 2.61. The summed E-state index contributed by atoms with van der Waals surface area (Å²) in [5, 5.41) is 11.7. The summed E-state index contributed by atoms with van der Waals surface area (Å²) < 4.78 is 11.7. The van der Waals surface area contributed by atoms with E-state index in [1.807, 2.05) is 18.9 Å². The number of carbonyl (C=O) groups is 1. The van der Waals surface area contributed by atoms with Gasteiger partial charge in [0.1, 0.15) is 5.54 Å². The van der Waals surface area contributed by atoms with Crippen LogP contribution < -0.4 is 5.32 Å². The fourth-order valence-electron chi connectivity index (χ4n) is 6.39. The highest BCUT2D eigenvalue weighted by molar-refractivity contribution is 5.76. The minimum absolute atomic E-state index is 0.0317. The number of nitrogens with zero attached hydrogens (tertiary/aromatic N) is 3. The molecule has 7 heteroatoms. The molecule has 27 heavy (non-hydrogen) atoms. The van der Waals surface area contributed by atoms with Crippen LogP contribution in [-0.4, -0.2) is 46.4 Å². The van der Waals surface area contributed by atoms with E-state index in [4.69, 9.17) is 9.15 Å². The van der Waals surface area contributed by atoms with E-state index in [1.54, 1.807) is 0 Å². The highest BCUT2D eigenvalue weighted by atomic mass is 16.5. The van der Waals surface area contributed by atoms with Gasteiger partial charge in [-0.3, -0.25) is 0 Å². The van der Waals surface area contributed by atoms with E-state index < -0.39 is 0 Å². The van der Waals surface area contributed by atoms with Crippen molar-refractivity contribution < 1.29 is 13.9 Å². The summed E-state index contributed by atoms with van der Waals surface area (Å²) in [5.41, 5.74) is -0.417. The standard InChI is InChI=1S/C20H30N4O3/c1-13-22-23-17(27-13)20-8-5-15(20)6-9-24(20)18(25)21-16-10-14-4-3-7-19(11-14,12-16)26-2/h14-16H,3-12H2,1-2H3,(H,21,25)/t14-,15+,16-,19+,20+/m1/s1. The molecule has 0 aromatic carbocycles. The van der Waals surface area contributed by atoms with Crippen LogP contribution in [0.25, 0.3) is 0 Å². The van der Waals surface area contributed by atoms with Crippen LogP contribution in [0.2, 0.25) is 0 Å². The van der Waals surface area contributed by atoms with Gasteiger partial charge in [-0.1, -0.05) is 12.8 Å². The maximum Gasteiger partial charge on any atom is 0.318 e. The number of aromatic nitrogens is 2. The molecule has 2 amide bonds. The summed E-state index contributed by atoms with van der Waals surface area (Å²) in [6.45, 7) is 2.58. The molecule has 2 heterocycles. The van der Waals surface area contributed by atoms with Crippen molar-refractivity contribution in [3.8, 4) is 0 Å². The van der Waals surface area contributed by atoms with Crippen LogP contribution >= 0.6 is 0 Å². The molecule has 0 radical (unpaired) electrons. The molecule has 5 atom stereocenters. The Morgan fingerprint density at radius 3 is 2.85 bits per heavy atom. The number of aryl methyl sites for hydroxylation is 1. The Hall–Kier alpha value is -1.63. The highest BCUT2D eigenvalue weighted by Gasteiger charge is 2.61. The van der Waals surface area contributed by atoms with E-state index in [2.05, 4.69) is 15.5 Å². The Morgan fingerprint density at radius 2 is 2.15 bits per heavy atom. The first-order chi connectivity index (χ1) is 13.0. The number of fused-ring (bicyclic) bond motifs is 3. The average molecular weight is 374 g/mol. The minimum atomic E-state index is -0.380. The average Bonchev–Trinajstić information content (AvgIpc) is 3.16. The van der Waals surface area contributed by atoms with Gasteiger partial charge in [-0.05, 0) is 56.8 Å². The molecule has 1 aromatic rings. The SMILES string of the molecule is CO[C@]12CCC[C@H](C[C@@H](NC(=O)N3CC[C@@H]4CC[C@@]43c3nnc(C)o3)C1)C2. The second-order valence-corrected chi connectivity index (χ2v) is 9.16. The Kier molecular flexibility index (Phi) is 4.00. The molecule has 1 N–H and O–H groups in total. The highest BCUT2D eigenvalue weighted by Crippen LogP contribution is 2.56. The van der Waals surface area contributed by atoms with Crippen LogP contribution in [-0.2, 0) is 10.3 Å². The zero-order valence-corrected chi connectivity index (χ0v) is 16.4. The lowest BCUT2D eigenvalue weighted by Gasteiger charge is -2.49. The molecule has 4 fully saturated rings. The number of methoxy groups -OCH3 is 1. The number of carbonyl (C=O) groups excluding carboxylic acids is 1. The van der Waals surface area contributed by atoms with Gasteiger partial charge >= 0.3 is 6.03 Å². The van der Waals surface area contributed by atoms with Crippen molar-refractivity contribution in [2.45, 2.75) is 81.9 Å². The summed E-state index contributed by atoms with van der Waals surface area (Å²) in [7, 11) is 1.83. The van der Waals surface area contributed by atoms with Crippen LogP contribution in [0.3, 0.4) is 0 Å². The normalized spacial score (nSPS) is 40.4. The van der Waals surface area contributed by atoms with Crippen LogP contribution in [0.4, 0.5) is 4.79 Å². The lowest BCUT2D eigenvalue weighted by atomic mass is 9.67. The molecule has 2 bridgehead atoms. The lowest BCUT2D eigenvalue weighted by Crippen LogP contribution is -2.59. The molecular formula is C20H30N4O3. The summed E-state index contributed by atoms with van der Waals surface area (Å²) >= 11 is 0. The Labute approximate surface area is 160 Å². The molecule has 4 aliphatic rings. The van der Waals surface area contributed by atoms with Crippen LogP contribution in [0, 0.1) is 18.8 Å². The quantitative estimate of drug-likeness (QED) is 0.879. The molecule has 5 rings (SSSR count). The van der Waals surface area contributed by atoms with Gasteiger partial charge in [0.2, 0.25) is 11.8 Å². The molecule has 1 aromatic heterocycles. The largest absolute Gasteiger partial charge is 0.423 e. The van der Waals surface area contributed by atoms with Gasteiger partial charge in [0.15, 0.2) is 0 Å².